The molecule has 1 amide bonds. The second kappa shape index (κ2) is 7.92. The largest absolute Gasteiger partial charge is 0.477 e. The molecule has 0 spiro atoms. The maximum atomic E-state index is 12.0. The fraction of sp³-hybridized carbons (Fsp3) is 0.333. The lowest BCUT2D eigenvalue weighted by atomic mass is 9.96. The smallest absolute Gasteiger partial charge is 0.345 e. The van der Waals surface area contributed by atoms with Gasteiger partial charge in [-0.05, 0) is 35.6 Å². The SMILES string of the molecule is CCc1ccc(C(C)CC(=O)NCc2ccc(C(=O)O)s2)cc1. The predicted octanol–water partition coefficient (Wildman–Crippen LogP) is 3.82. The molecule has 0 saturated carbocycles. The first-order chi connectivity index (χ1) is 11.0. The highest BCUT2D eigenvalue weighted by molar-refractivity contribution is 7.13. The Morgan fingerprint density at radius 2 is 1.87 bits per heavy atom. The molecule has 0 aliphatic heterocycles. The number of hydrogen-bond acceptors (Lipinski definition) is 3. The van der Waals surface area contributed by atoms with Gasteiger partial charge in [-0.25, -0.2) is 4.79 Å². The van der Waals surface area contributed by atoms with Gasteiger partial charge in [0, 0.05) is 11.3 Å². The van der Waals surface area contributed by atoms with Crippen LogP contribution in [0.2, 0.25) is 0 Å². The first kappa shape index (κ1) is 17.2. The van der Waals surface area contributed by atoms with Crippen molar-refractivity contribution in [3.05, 3.63) is 57.3 Å². The summed E-state index contributed by atoms with van der Waals surface area (Å²) in [5.74, 6) is -0.808. The summed E-state index contributed by atoms with van der Waals surface area (Å²) in [5.41, 5.74) is 2.44. The van der Waals surface area contributed by atoms with Crippen LogP contribution in [-0.4, -0.2) is 17.0 Å². The highest BCUT2D eigenvalue weighted by Crippen LogP contribution is 2.20. The Kier molecular flexibility index (Phi) is 5.93. The third-order valence-corrected chi connectivity index (χ3v) is 4.85. The van der Waals surface area contributed by atoms with Gasteiger partial charge in [-0.3, -0.25) is 4.79 Å². The van der Waals surface area contributed by atoms with E-state index in [9.17, 15) is 9.59 Å². The van der Waals surface area contributed by atoms with Gasteiger partial charge in [-0.15, -0.1) is 11.3 Å². The fourth-order valence-corrected chi connectivity index (χ4v) is 3.11. The van der Waals surface area contributed by atoms with Gasteiger partial charge in [0.1, 0.15) is 4.88 Å². The van der Waals surface area contributed by atoms with E-state index < -0.39 is 5.97 Å². The molecule has 0 fully saturated rings. The average molecular weight is 331 g/mol. The number of aromatic carboxylic acids is 1. The van der Waals surface area contributed by atoms with Crippen LogP contribution in [0.15, 0.2) is 36.4 Å². The summed E-state index contributed by atoms with van der Waals surface area (Å²) in [6.07, 6.45) is 1.43. The lowest BCUT2D eigenvalue weighted by Crippen LogP contribution is -2.23. The van der Waals surface area contributed by atoms with Crippen molar-refractivity contribution in [2.75, 3.05) is 0 Å². The Morgan fingerprint density at radius 3 is 2.43 bits per heavy atom. The van der Waals surface area contributed by atoms with Gasteiger partial charge in [0.05, 0.1) is 6.54 Å². The molecule has 1 atom stereocenters. The molecule has 23 heavy (non-hydrogen) atoms. The Labute approximate surface area is 140 Å². The minimum Gasteiger partial charge on any atom is -0.477 e. The van der Waals surface area contributed by atoms with Gasteiger partial charge in [-0.2, -0.15) is 0 Å². The zero-order chi connectivity index (χ0) is 16.8. The van der Waals surface area contributed by atoms with E-state index in [4.69, 9.17) is 5.11 Å². The van der Waals surface area contributed by atoms with E-state index in [0.717, 1.165) is 16.9 Å². The molecular formula is C18H21NO3S. The first-order valence-electron chi connectivity index (χ1n) is 7.67. The van der Waals surface area contributed by atoms with Crippen LogP contribution in [0.25, 0.3) is 0 Å². The van der Waals surface area contributed by atoms with Gasteiger partial charge < -0.3 is 10.4 Å². The molecule has 1 unspecified atom stereocenters. The highest BCUT2D eigenvalue weighted by Gasteiger charge is 2.12. The summed E-state index contributed by atoms with van der Waals surface area (Å²) in [7, 11) is 0. The standard InChI is InChI=1S/C18H21NO3S/c1-3-13-4-6-14(7-5-13)12(2)10-17(20)19-11-15-8-9-16(23-15)18(21)22/h4-9,12H,3,10-11H2,1-2H3,(H,19,20)(H,21,22). The van der Waals surface area contributed by atoms with Gasteiger partial charge in [0.25, 0.3) is 0 Å². The molecule has 5 heteroatoms. The van der Waals surface area contributed by atoms with E-state index in [1.54, 1.807) is 12.1 Å². The number of aryl methyl sites for hydroxylation is 1. The molecule has 2 aromatic rings. The third-order valence-electron chi connectivity index (χ3n) is 3.78. The molecule has 1 heterocycles. The van der Waals surface area contributed by atoms with Crippen LogP contribution in [0, 0.1) is 0 Å². The summed E-state index contributed by atoms with van der Waals surface area (Å²) < 4.78 is 0. The number of rotatable bonds is 7. The normalized spacial score (nSPS) is 11.9. The van der Waals surface area contributed by atoms with Crippen LogP contribution in [0.1, 0.15) is 51.9 Å². The van der Waals surface area contributed by atoms with Gasteiger partial charge in [-0.1, -0.05) is 38.1 Å². The van der Waals surface area contributed by atoms with E-state index in [1.807, 2.05) is 6.92 Å². The molecule has 1 aromatic carbocycles. The van der Waals surface area contributed by atoms with Crippen LogP contribution < -0.4 is 5.32 Å². The van der Waals surface area contributed by atoms with Crippen molar-refractivity contribution in [3.63, 3.8) is 0 Å². The summed E-state index contributed by atoms with van der Waals surface area (Å²) >= 11 is 1.19. The Balaban J connectivity index is 1.84. The molecular weight excluding hydrogens is 310 g/mol. The molecule has 122 valence electrons. The Hall–Kier alpha value is -2.14. The van der Waals surface area contributed by atoms with E-state index in [2.05, 4.69) is 36.5 Å². The van der Waals surface area contributed by atoms with Crippen LogP contribution >= 0.6 is 11.3 Å². The van der Waals surface area contributed by atoms with Gasteiger partial charge >= 0.3 is 5.97 Å². The number of carbonyl (C=O) groups excluding carboxylic acids is 1. The maximum absolute atomic E-state index is 12.0. The maximum Gasteiger partial charge on any atom is 0.345 e. The molecule has 0 saturated heterocycles. The monoisotopic (exact) mass is 331 g/mol. The van der Waals surface area contributed by atoms with Crippen molar-refractivity contribution in [1.29, 1.82) is 0 Å². The number of hydrogen-bond donors (Lipinski definition) is 2. The van der Waals surface area contributed by atoms with Crippen molar-refractivity contribution >= 4 is 23.2 Å². The molecule has 4 nitrogen and oxygen atoms in total. The molecule has 2 rings (SSSR count). The van der Waals surface area contributed by atoms with Crippen LogP contribution in [0.5, 0.6) is 0 Å². The summed E-state index contributed by atoms with van der Waals surface area (Å²) in [5, 5.41) is 11.7. The third kappa shape index (κ3) is 4.93. The second-order valence-corrected chi connectivity index (χ2v) is 6.72. The van der Waals surface area contributed by atoms with Gasteiger partial charge in [0.15, 0.2) is 0 Å². The average Bonchev–Trinajstić information content (AvgIpc) is 3.02. The Morgan fingerprint density at radius 1 is 1.17 bits per heavy atom. The van der Waals surface area contributed by atoms with E-state index >= 15 is 0 Å². The minimum atomic E-state index is -0.934. The number of amides is 1. The van der Waals surface area contributed by atoms with E-state index in [-0.39, 0.29) is 11.8 Å². The van der Waals surface area contributed by atoms with Crippen molar-refractivity contribution in [2.45, 2.75) is 39.2 Å². The van der Waals surface area contributed by atoms with Crippen LogP contribution in [0.3, 0.4) is 0 Å². The summed E-state index contributed by atoms with van der Waals surface area (Å²) in [6, 6.07) is 11.7. The summed E-state index contributed by atoms with van der Waals surface area (Å²) in [4.78, 5) is 24.0. The quantitative estimate of drug-likeness (QED) is 0.810. The lowest BCUT2D eigenvalue weighted by Gasteiger charge is -2.12. The zero-order valence-electron chi connectivity index (χ0n) is 13.3. The molecule has 0 radical (unpaired) electrons. The number of benzene rings is 1. The van der Waals surface area contributed by atoms with Crippen molar-refractivity contribution < 1.29 is 14.7 Å². The molecule has 0 bridgehead atoms. The fourth-order valence-electron chi connectivity index (χ4n) is 2.32. The molecule has 1 aromatic heterocycles. The van der Waals surface area contributed by atoms with E-state index in [0.29, 0.717) is 17.8 Å². The van der Waals surface area contributed by atoms with E-state index in [1.165, 1.54) is 16.9 Å². The Bertz CT molecular complexity index is 676. The molecule has 2 N–H and O–H groups in total. The zero-order valence-corrected chi connectivity index (χ0v) is 14.2. The number of carboxylic acid groups (broad SMARTS) is 1. The summed E-state index contributed by atoms with van der Waals surface area (Å²) in [6.45, 7) is 4.53. The lowest BCUT2D eigenvalue weighted by molar-refractivity contribution is -0.121. The van der Waals surface area contributed by atoms with Crippen molar-refractivity contribution in [2.24, 2.45) is 0 Å². The van der Waals surface area contributed by atoms with Gasteiger partial charge in [0.2, 0.25) is 5.91 Å². The first-order valence-corrected chi connectivity index (χ1v) is 8.48. The number of carboxylic acids is 1. The van der Waals surface area contributed by atoms with Crippen LogP contribution in [0.4, 0.5) is 0 Å². The number of nitrogens with one attached hydrogen (secondary N) is 1. The molecule has 0 aliphatic carbocycles. The second-order valence-electron chi connectivity index (χ2n) is 5.55. The number of carbonyl (C=O) groups is 2. The minimum absolute atomic E-state index is 0.0256. The van der Waals surface area contributed by atoms with Crippen molar-refractivity contribution in [3.8, 4) is 0 Å². The molecule has 0 aliphatic rings. The topological polar surface area (TPSA) is 66.4 Å². The highest BCUT2D eigenvalue weighted by atomic mass is 32.1. The van der Waals surface area contributed by atoms with Crippen LogP contribution in [-0.2, 0) is 17.8 Å². The van der Waals surface area contributed by atoms with Crippen molar-refractivity contribution in [1.82, 2.24) is 5.32 Å². The number of thiophene rings is 1. The predicted molar refractivity (Wildman–Crippen MR) is 92.0 cm³/mol.